The highest BCUT2D eigenvalue weighted by molar-refractivity contribution is 7.90. The number of rotatable bonds is 7. The van der Waals surface area contributed by atoms with E-state index in [9.17, 15) is 13.2 Å². The molecule has 1 saturated heterocycles. The Kier molecular flexibility index (Phi) is 7.30. The summed E-state index contributed by atoms with van der Waals surface area (Å²) in [4.78, 5) is 28.2. The third kappa shape index (κ3) is 6.13. The number of ether oxygens (including phenoxy) is 1. The zero-order valence-corrected chi connectivity index (χ0v) is 20.9. The van der Waals surface area contributed by atoms with Gasteiger partial charge in [0.2, 0.25) is 11.8 Å². The van der Waals surface area contributed by atoms with E-state index in [-0.39, 0.29) is 16.9 Å². The number of nitrogens with one attached hydrogen (secondary N) is 1. The second-order valence-electron chi connectivity index (χ2n) is 8.64. The molecule has 9 nitrogen and oxygen atoms in total. The number of hydrogen-bond donors (Lipinski definition) is 1. The van der Waals surface area contributed by atoms with E-state index >= 15 is 0 Å². The Hall–Kier alpha value is -3.53. The summed E-state index contributed by atoms with van der Waals surface area (Å²) in [6.07, 6.45) is 8.97. The first-order chi connectivity index (χ1) is 16.7. The molecule has 0 saturated carbocycles. The number of hydrogen-bond acceptors (Lipinski definition) is 8. The second-order valence-corrected chi connectivity index (χ2v) is 10.7. The van der Waals surface area contributed by atoms with Crippen molar-refractivity contribution in [2.45, 2.75) is 44.1 Å². The van der Waals surface area contributed by atoms with Gasteiger partial charge in [-0.05, 0) is 48.7 Å². The Morgan fingerprint density at radius 2 is 1.80 bits per heavy atom. The van der Waals surface area contributed by atoms with Gasteiger partial charge in [0.1, 0.15) is 6.10 Å². The summed E-state index contributed by atoms with van der Waals surface area (Å²) in [6, 6.07) is 7.95. The third-order valence-corrected chi connectivity index (χ3v) is 7.10. The van der Waals surface area contributed by atoms with Crippen molar-refractivity contribution in [1.82, 2.24) is 15.0 Å². The molecule has 0 radical (unpaired) electrons. The summed E-state index contributed by atoms with van der Waals surface area (Å²) in [5.74, 6) is 0.884. The van der Waals surface area contributed by atoms with Crippen LogP contribution in [-0.4, -0.2) is 54.7 Å². The molecular formula is C25H29N5O4S. The van der Waals surface area contributed by atoms with Crippen LogP contribution in [0.25, 0.3) is 0 Å². The number of nitrogens with zero attached hydrogens (tertiary/aromatic N) is 4. The van der Waals surface area contributed by atoms with Gasteiger partial charge in [-0.2, -0.15) is 0 Å². The minimum absolute atomic E-state index is 0.0318. The van der Waals surface area contributed by atoms with Crippen LogP contribution in [-0.2, 0) is 16.3 Å². The Balaban J connectivity index is 1.31. The molecule has 0 aliphatic carbocycles. The molecule has 1 fully saturated rings. The van der Waals surface area contributed by atoms with Gasteiger partial charge in [-0.25, -0.2) is 23.4 Å². The van der Waals surface area contributed by atoms with Crippen LogP contribution in [0.15, 0.2) is 53.8 Å². The molecule has 2 aromatic heterocycles. The number of carbonyl (C=O) groups excluding carboxylic acids is 1. The average Bonchev–Trinajstić information content (AvgIpc) is 2.85. The van der Waals surface area contributed by atoms with Crippen LogP contribution in [0.3, 0.4) is 0 Å². The topological polar surface area (TPSA) is 114 Å². The molecule has 1 aromatic carbocycles. The highest BCUT2D eigenvalue weighted by Crippen LogP contribution is 2.22. The molecule has 0 atom stereocenters. The third-order valence-electron chi connectivity index (χ3n) is 5.98. The molecule has 1 aliphatic heterocycles. The summed E-state index contributed by atoms with van der Waals surface area (Å²) in [7, 11) is -3.31. The number of anilines is 2. The van der Waals surface area contributed by atoms with Crippen molar-refractivity contribution < 1.29 is 17.9 Å². The van der Waals surface area contributed by atoms with Crippen LogP contribution < -0.4 is 15.0 Å². The van der Waals surface area contributed by atoms with Crippen LogP contribution in [0.4, 0.5) is 11.6 Å². The minimum Gasteiger partial charge on any atom is -0.474 e. The van der Waals surface area contributed by atoms with Crippen LogP contribution in [0.1, 0.15) is 41.3 Å². The molecule has 184 valence electrons. The molecule has 35 heavy (non-hydrogen) atoms. The standard InChI is InChI=1S/C25H29N5O4S/c1-4-18-14-27-25(28-15-18)30-11-9-20(10-12-30)34-23-8-5-19(16-26-23)24(31)29-22-7-6-21(13-17(22)2)35(3,32)33/h5-8,13-16,20H,4,9-12H2,1-3H3,(H,29,31). The monoisotopic (exact) mass is 495 g/mol. The summed E-state index contributed by atoms with van der Waals surface area (Å²) in [5.41, 5.74) is 2.71. The van der Waals surface area contributed by atoms with Crippen molar-refractivity contribution in [1.29, 1.82) is 0 Å². The van der Waals surface area contributed by atoms with Gasteiger partial charge in [0.05, 0.1) is 10.5 Å². The lowest BCUT2D eigenvalue weighted by Gasteiger charge is -2.31. The molecule has 0 unspecified atom stereocenters. The largest absolute Gasteiger partial charge is 0.474 e. The number of piperidine rings is 1. The number of aromatic nitrogens is 3. The molecule has 10 heteroatoms. The predicted octanol–water partition coefficient (Wildman–Crippen LogP) is 3.45. The summed E-state index contributed by atoms with van der Waals surface area (Å²) < 4.78 is 29.4. The average molecular weight is 496 g/mol. The first-order valence-electron chi connectivity index (χ1n) is 11.5. The zero-order chi connectivity index (χ0) is 25.0. The number of amides is 1. The van der Waals surface area contributed by atoms with Gasteiger partial charge in [0.15, 0.2) is 9.84 Å². The molecule has 1 amide bonds. The minimum atomic E-state index is -3.31. The first kappa shape index (κ1) is 24.6. The number of aryl methyl sites for hydroxylation is 2. The van der Waals surface area contributed by atoms with Gasteiger partial charge in [-0.1, -0.05) is 6.92 Å². The smallest absolute Gasteiger partial charge is 0.257 e. The van der Waals surface area contributed by atoms with Crippen LogP contribution in [0.5, 0.6) is 5.88 Å². The zero-order valence-electron chi connectivity index (χ0n) is 20.1. The molecule has 4 rings (SSSR count). The summed E-state index contributed by atoms with van der Waals surface area (Å²) in [6.45, 7) is 5.43. The highest BCUT2D eigenvalue weighted by atomic mass is 32.2. The maximum Gasteiger partial charge on any atom is 0.257 e. The van der Waals surface area contributed by atoms with E-state index in [0.717, 1.165) is 50.1 Å². The van der Waals surface area contributed by atoms with Gasteiger partial charge in [-0.15, -0.1) is 0 Å². The van der Waals surface area contributed by atoms with E-state index in [4.69, 9.17) is 4.74 Å². The maximum absolute atomic E-state index is 12.6. The Labute approximate surface area is 205 Å². The van der Waals surface area contributed by atoms with E-state index in [2.05, 4.69) is 32.1 Å². The number of carbonyl (C=O) groups is 1. The fourth-order valence-electron chi connectivity index (χ4n) is 3.82. The molecule has 1 aliphatic rings. The van der Waals surface area contributed by atoms with Crippen molar-refractivity contribution in [3.05, 3.63) is 65.6 Å². The second kappa shape index (κ2) is 10.4. The van der Waals surface area contributed by atoms with Gasteiger partial charge in [0, 0.05) is 62.5 Å². The van der Waals surface area contributed by atoms with Gasteiger partial charge < -0.3 is 15.0 Å². The van der Waals surface area contributed by atoms with Crippen molar-refractivity contribution in [3.63, 3.8) is 0 Å². The Morgan fingerprint density at radius 1 is 1.09 bits per heavy atom. The molecule has 3 aromatic rings. The molecule has 3 heterocycles. The van der Waals surface area contributed by atoms with E-state index in [0.29, 0.717) is 22.7 Å². The van der Waals surface area contributed by atoms with E-state index in [1.807, 2.05) is 12.4 Å². The fraction of sp³-hybridized carbons (Fsp3) is 0.360. The van der Waals surface area contributed by atoms with E-state index in [1.54, 1.807) is 25.1 Å². The number of benzene rings is 1. The normalized spacial score (nSPS) is 14.5. The molecule has 0 spiro atoms. The van der Waals surface area contributed by atoms with Crippen molar-refractivity contribution in [2.75, 3.05) is 29.6 Å². The lowest BCUT2D eigenvalue weighted by Crippen LogP contribution is -2.39. The lowest BCUT2D eigenvalue weighted by molar-refractivity contribution is 0.102. The molecule has 1 N–H and O–H groups in total. The van der Waals surface area contributed by atoms with Gasteiger partial charge in [-0.3, -0.25) is 4.79 Å². The lowest BCUT2D eigenvalue weighted by atomic mass is 10.1. The summed E-state index contributed by atoms with van der Waals surface area (Å²) in [5, 5.41) is 2.80. The quantitative estimate of drug-likeness (QED) is 0.530. The fourth-order valence-corrected chi connectivity index (χ4v) is 4.53. The van der Waals surface area contributed by atoms with Gasteiger partial charge >= 0.3 is 0 Å². The molecular weight excluding hydrogens is 466 g/mol. The molecule has 0 bridgehead atoms. The predicted molar refractivity (Wildman–Crippen MR) is 134 cm³/mol. The number of sulfone groups is 1. The number of pyridine rings is 1. The van der Waals surface area contributed by atoms with E-state index < -0.39 is 9.84 Å². The van der Waals surface area contributed by atoms with Crippen LogP contribution in [0.2, 0.25) is 0 Å². The maximum atomic E-state index is 12.6. The van der Waals surface area contributed by atoms with Crippen molar-refractivity contribution in [3.8, 4) is 5.88 Å². The Bertz CT molecular complexity index is 1290. The SMILES string of the molecule is CCc1cnc(N2CCC(Oc3ccc(C(=O)Nc4ccc(S(C)(=O)=O)cc4C)cn3)CC2)nc1. The first-order valence-corrected chi connectivity index (χ1v) is 13.4. The van der Waals surface area contributed by atoms with Crippen LogP contribution >= 0.6 is 0 Å². The van der Waals surface area contributed by atoms with Crippen molar-refractivity contribution in [2.24, 2.45) is 0 Å². The highest BCUT2D eigenvalue weighted by Gasteiger charge is 2.22. The Morgan fingerprint density at radius 3 is 2.37 bits per heavy atom. The summed E-state index contributed by atoms with van der Waals surface area (Å²) >= 11 is 0. The van der Waals surface area contributed by atoms with Crippen molar-refractivity contribution >= 4 is 27.4 Å². The van der Waals surface area contributed by atoms with E-state index in [1.165, 1.54) is 18.3 Å². The van der Waals surface area contributed by atoms with Crippen LogP contribution in [0, 0.1) is 6.92 Å². The van der Waals surface area contributed by atoms with Gasteiger partial charge in [0.25, 0.3) is 5.91 Å².